The summed E-state index contributed by atoms with van der Waals surface area (Å²) in [5.74, 6) is -0.00409. The molecule has 6 N–H and O–H groups in total. The van der Waals surface area contributed by atoms with Crippen LogP contribution in [0.4, 0.5) is 10.2 Å². The Morgan fingerprint density at radius 1 is 1.60 bits per heavy atom. The van der Waals surface area contributed by atoms with E-state index in [-0.39, 0.29) is 18.8 Å². The SMILES string of the molecule is NCC[C@]1(CO)O[C@@H](n2ccc(N)nc2=O)[C@H](F)[C@@H]1O. The van der Waals surface area contributed by atoms with Gasteiger partial charge in [0.25, 0.3) is 0 Å². The van der Waals surface area contributed by atoms with Gasteiger partial charge in [0.2, 0.25) is 0 Å². The summed E-state index contributed by atoms with van der Waals surface area (Å²) in [6.07, 6.45) is -3.59. The van der Waals surface area contributed by atoms with E-state index in [1.54, 1.807) is 0 Å². The molecule has 0 aromatic carbocycles. The van der Waals surface area contributed by atoms with E-state index in [1.165, 1.54) is 12.3 Å². The standard InChI is InChI=1S/C11H17FN4O4/c12-7-8(18)11(5-17,2-3-13)20-9(7)16-4-1-6(14)15-10(16)19/h1,4,7-9,17-18H,2-3,5,13H2,(H2,14,15,19)/t7-,8+,9-,11-/m1/s1. The van der Waals surface area contributed by atoms with Gasteiger partial charge < -0.3 is 26.4 Å². The van der Waals surface area contributed by atoms with Crippen molar-refractivity contribution in [2.45, 2.75) is 30.5 Å². The lowest BCUT2D eigenvalue weighted by atomic mass is 9.93. The Morgan fingerprint density at radius 2 is 2.30 bits per heavy atom. The average Bonchev–Trinajstić information content (AvgIpc) is 2.65. The highest BCUT2D eigenvalue weighted by Gasteiger charge is 2.55. The highest BCUT2D eigenvalue weighted by molar-refractivity contribution is 5.23. The quantitative estimate of drug-likeness (QED) is 0.509. The molecule has 1 aliphatic heterocycles. The van der Waals surface area contributed by atoms with E-state index >= 15 is 0 Å². The van der Waals surface area contributed by atoms with Crippen molar-refractivity contribution in [1.82, 2.24) is 9.55 Å². The van der Waals surface area contributed by atoms with Gasteiger partial charge in [-0.3, -0.25) is 4.57 Å². The predicted molar refractivity (Wildman–Crippen MR) is 67.4 cm³/mol. The van der Waals surface area contributed by atoms with Crippen molar-refractivity contribution in [1.29, 1.82) is 0 Å². The molecule has 2 heterocycles. The minimum absolute atomic E-state index is 0.00409. The molecule has 112 valence electrons. The van der Waals surface area contributed by atoms with Crippen LogP contribution in [0.25, 0.3) is 0 Å². The Morgan fingerprint density at radius 3 is 2.85 bits per heavy atom. The predicted octanol–water partition coefficient (Wildman–Crippen LogP) is -1.87. The van der Waals surface area contributed by atoms with Crippen LogP contribution in [-0.2, 0) is 4.74 Å². The first kappa shape index (κ1) is 14.9. The number of anilines is 1. The van der Waals surface area contributed by atoms with E-state index in [0.717, 1.165) is 4.57 Å². The molecule has 4 atom stereocenters. The minimum Gasteiger partial charge on any atom is -0.393 e. The fraction of sp³-hybridized carbons (Fsp3) is 0.636. The molecule has 9 heteroatoms. The number of alkyl halides is 1. The van der Waals surface area contributed by atoms with Gasteiger partial charge in [-0.1, -0.05) is 0 Å². The Balaban J connectivity index is 2.37. The maximum atomic E-state index is 14.2. The summed E-state index contributed by atoms with van der Waals surface area (Å²) in [5, 5.41) is 19.3. The van der Waals surface area contributed by atoms with Crippen molar-refractivity contribution >= 4 is 5.82 Å². The van der Waals surface area contributed by atoms with E-state index in [4.69, 9.17) is 16.2 Å². The molecule has 0 radical (unpaired) electrons. The van der Waals surface area contributed by atoms with E-state index < -0.39 is 36.4 Å². The third kappa shape index (κ3) is 2.29. The lowest BCUT2D eigenvalue weighted by Crippen LogP contribution is -2.46. The Labute approximate surface area is 113 Å². The molecular formula is C11H17FN4O4. The van der Waals surface area contributed by atoms with Crippen molar-refractivity contribution in [2.24, 2.45) is 5.73 Å². The molecule has 1 aromatic heterocycles. The minimum atomic E-state index is -1.89. The molecule has 0 aliphatic carbocycles. The molecule has 20 heavy (non-hydrogen) atoms. The fourth-order valence-corrected chi connectivity index (χ4v) is 2.31. The van der Waals surface area contributed by atoms with Crippen LogP contribution in [0.15, 0.2) is 17.1 Å². The van der Waals surface area contributed by atoms with Gasteiger partial charge in [-0.2, -0.15) is 4.98 Å². The van der Waals surface area contributed by atoms with Gasteiger partial charge >= 0.3 is 5.69 Å². The monoisotopic (exact) mass is 288 g/mol. The van der Waals surface area contributed by atoms with E-state index in [0.29, 0.717) is 0 Å². The first-order valence-corrected chi connectivity index (χ1v) is 6.11. The molecule has 1 aliphatic rings. The highest BCUT2D eigenvalue weighted by Crippen LogP contribution is 2.40. The van der Waals surface area contributed by atoms with Crippen LogP contribution in [0.1, 0.15) is 12.6 Å². The zero-order chi connectivity index (χ0) is 14.9. The molecule has 0 spiro atoms. The number of halogens is 1. The Bertz CT molecular complexity index is 539. The first-order valence-electron chi connectivity index (χ1n) is 6.11. The van der Waals surface area contributed by atoms with Gasteiger partial charge in [-0.05, 0) is 19.0 Å². The second-order valence-corrected chi connectivity index (χ2v) is 4.70. The number of nitrogen functional groups attached to an aromatic ring is 1. The van der Waals surface area contributed by atoms with Crippen molar-refractivity contribution < 1.29 is 19.3 Å². The van der Waals surface area contributed by atoms with E-state index in [1.807, 2.05) is 0 Å². The summed E-state index contributed by atoms with van der Waals surface area (Å²) in [7, 11) is 0. The van der Waals surface area contributed by atoms with Gasteiger partial charge in [0, 0.05) is 6.20 Å². The first-order chi connectivity index (χ1) is 9.45. The number of aliphatic hydroxyl groups excluding tert-OH is 2. The van der Waals surface area contributed by atoms with Crippen LogP contribution >= 0.6 is 0 Å². The van der Waals surface area contributed by atoms with Crippen LogP contribution in [0.5, 0.6) is 0 Å². The molecule has 1 aromatic rings. The largest absolute Gasteiger partial charge is 0.393 e. The van der Waals surface area contributed by atoms with Crippen molar-refractivity contribution in [3.8, 4) is 0 Å². The molecular weight excluding hydrogens is 271 g/mol. The smallest absolute Gasteiger partial charge is 0.351 e. The normalized spacial score (nSPS) is 33.5. The zero-order valence-electron chi connectivity index (χ0n) is 10.6. The van der Waals surface area contributed by atoms with Crippen LogP contribution in [-0.4, -0.2) is 50.8 Å². The number of rotatable bonds is 4. The van der Waals surface area contributed by atoms with Crippen LogP contribution in [0.3, 0.4) is 0 Å². The molecule has 0 amide bonds. The zero-order valence-corrected chi connectivity index (χ0v) is 10.6. The highest BCUT2D eigenvalue weighted by atomic mass is 19.1. The van der Waals surface area contributed by atoms with Gasteiger partial charge in [0.15, 0.2) is 12.4 Å². The molecule has 1 fully saturated rings. The average molecular weight is 288 g/mol. The summed E-state index contributed by atoms with van der Waals surface area (Å²) in [4.78, 5) is 15.2. The maximum Gasteiger partial charge on any atom is 0.351 e. The number of hydrogen-bond donors (Lipinski definition) is 4. The maximum absolute atomic E-state index is 14.2. The second kappa shape index (κ2) is 5.44. The summed E-state index contributed by atoms with van der Waals surface area (Å²) < 4.78 is 20.5. The number of ether oxygens (including phenoxy) is 1. The van der Waals surface area contributed by atoms with Gasteiger partial charge in [-0.15, -0.1) is 0 Å². The molecule has 8 nitrogen and oxygen atoms in total. The number of nitrogens with zero attached hydrogens (tertiary/aromatic N) is 2. The van der Waals surface area contributed by atoms with Crippen molar-refractivity contribution in [2.75, 3.05) is 18.9 Å². The summed E-state index contributed by atoms with van der Waals surface area (Å²) in [6, 6.07) is 1.31. The van der Waals surface area contributed by atoms with Crippen molar-refractivity contribution in [3.63, 3.8) is 0 Å². The van der Waals surface area contributed by atoms with E-state index in [2.05, 4.69) is 4.98 Å². The second-order valence-electron chi connectivity index (χ2n) is 4.70. The summed E-state index contributed by atoms with van der Waals surface area (Å²) in [5.41, 5.74) is 8.41. The lowest BCUT2D eigenvalue weighted by Gasteiger charge is -2.29. The third-order valence-corrected chi connectivity index (χ3v) is 3.43. The lowest BCUT2D eigenvalue weighted by molar-refractivity contribution is -0.131. The Kier molecular flexibility index (Phi) is 4.04. The van der Waals surface area contributed by atoms with Crippen LogP contribution in [0.2, 0.25) is 0 Å². The van der Waals surface area contributed by atoms with Crippen LogP contribution in [0, 0.1) is 0 Å². The summed E-state index contributed by atoms with van der Waals surface area (Å²) in [6.45, 7) is -0.522. The van der Waals surface area contributed by atoms with Crippen molar-refractivity contribution in [3.05, 3.63) is 22.7 Å². The molecule has 0 saturated carbocycles. The van der Waals surface area contributed by atoms with Gasteiger partial charge in [0.1, 0.15) is 17.5 Å². The fourth-order valence-electron chi connectivity index (χ4n) is 2.31. The third-order valence-electron chi connectivity index (χ3n) is 3.43. The van der Waals surface area contributed by atoms with Gasteiger partial charge in [-0.25, -0.2) is 9.18 Å². The number of nitrogens with two attached hydrogens (primary N) is 2. The number of aliphatic hydroxyl groups is 2. The number of aromatic nitrogens is 2. The topological polar surface area (TPSA) is 137 Å². The van der Waals surface area contributed by atoms with Gasteiger partial charge in [0.05, 0.1) is 6.61 Å². The molecule has 0 unspecified atom stereocenters. The molecule has 0 bridgehead atoms. The number of hydrogen-bond acceptors (Lipinski definition) is 7. The molecule has 2 rings (SSSR count). The summed E-state index contributed by atoms with van der Waals surface area (Å²) >= 11 is 0. The van der Waals surface area contributed by atoms with Crippen LogP contribution < -0.4 is 17.2 Å². The van der Waals surface area contributed by atoms with E-state index in [9.17, 15) is 19.4 Å². The molecule has 1 saturated heterocycles. The Hall–Kier alpha value is -1.55.